The predicted molar refractivity (Wildman–Crippen MR) is 113 cm³/mol. The topological polar surface area (TPSA) is 78.5 Å². The first-order valence-corrected chi connectivity index (χ1v) is 9.87. The fourth-order valence-corrected chi connectivity index (χ4v) is 4.01. The molecule has 2 aromatic rings. The van der Waals surface area contributed by atoms with Crippen LogP contribution in [0.5, 0.6) is 0 Å². The van der Waals surface area contributed by atoms with E-state index in [1.807, 2.05) is 37.3 Å². The number of nitrogens with one attached hydrogen (secondary N) is 2. The lowest BCUT2D eigenvalue weighted by Crippen LogP contribution is -2.60. The third-order valence-corrected chi connectivity index (χ3v) is 5.66. The van der Waals surface area contributed by atoms with E-state index in [0.717, 1.165) is 4.90 Å². The van der Waals surface area contributed by atoms with Gasteiger partial charge in [-0.05, 0) is 57.2 Å². The molecule has 3 amide bonds. The molecule has 0 radical (unpaired) electrons. The van der Waals surface area contributed by atoms with E-state index >= 15 is 0 Å². The van der Waals surface area contributed by atoms with Crippen molar-refractivity contribution in [3.63, 3.8) is 0 Å². The number of hydrogen-bond acceptors (Lipinski definition) is 4. The van der Waals surface area contributed by atoms with Crippen LogP contribution in [0.4, 0.5) is 17.1 Å². The fourth-order valence-electron chi connectivity index (χ4n) is 3.10. The van der Waals surface area contributed by atoms with Gasteiger partial charge >= 0.3 is 0 Å². The number of carbonyl (C=O) groups is 3. The standard InChI is InChI=1S/C21H23N3O3S/c1-13(28-16-11-9-15(10-12-16)22-14(2)25)19(26)24-18-8-6-5-7-17(18)23-20(27)21(24,3)4/h5-13H,1-4H3,(H,22,25)(H,23,27). The summed E-state index contributed by atoms with van der Waals surface area (Å²) in [4.78, 5) is 39.5. The van der Waals surface area contributed by atoms with Crippen LogP contribution in [0.3, 0.4) is 0 Å². The van der Waals surface area contributed by atoms with Crippen LogP contribution in [0.15, 0.2) is 53.4 Å². The Bertz CT molecular complexity index is 925. The second-order valence-electron chi connectivity index (χ2n) is 7.17. The highest BCUT2D eigenvalue weighted by atomic mass is 32.2. The Balaban J connectivity index is 1.82. The number of benzene rings is 2. The zero-order valence-electron chi connectivity index (χ0n) is 16.3. The van der Waals surface area contributed by atoms with Crippen LogP contribution in [0, 0.1) is 0 Å². The molecule has 0 aromatic heterocycles. The van der Waals surface area contributed by atoms with Crippen LogP contribution in [-0.4, -0.2) is 28.5 Å². The number of hydrogen-bond donors (Lipinski definition) is 2. The van der Waals surface area contributed by atoms with Gasteiger partial charge in [0.2, 0.25) is 17.7 Å². The fraction of sp³-hybridized carbons (Fsp3) is 0.286. The van der Waals surface area contributed by atoms with Gasteiger partial charge in [-0.15, -0.1) is 11.8 Å². The van der Waals surface area contributed by atoms with Crippen LogP contribution in [0.2, 0.25) is 0 Å². The van der Waals surface area contributed by atoms with Gasteiger partial charge < -0.3 is 10.6 Å². The van der Waals surface area contributed by atoms with Gasteiger partial charge in [0.1, 0.15) is 5.54 Å². The average Bonchev–Trinajstić information content (AvgIpc) is 2.63. The molecule has 0 spiro atoms. The van der Waals surface area contributed by atoms with Crippen LogP contribution in [0.25, 0.3) is 0 Å². The van der Waals surface area contributed by atoms with Crippen molar-refractivity contribution in [2.45, 2.75) is 43.4 Å². The minimum atomic E-state index is -0.991. The summed E-state index contributed by atoms with van der Waals surface area (Å²) in [5.74, 6) is -0.479. The highest BCUT2D eigenvalue weighted by molar-refractivity contribution is 8.00. The Hall–Kier alpha value is -2.80. The van der Waals surface area contributed by atoms with Gasteiger partial charge in [-0.3, -0.25) is 19.3 Å². The Kier molecular flexibility index (Phi) is 5.47. The first-order valence-electron chi connectivity index (χ1n) is 8.99. The number of thioether (sulfide) groups is 1. The maximum absolute atomic E-state index is 13.3. The molecular formula is C21H23N3O3S. The number of para-hydroxylation sites is 2. The van der Waals surface area contributed by atoms with E-state index in [-0.39, 0.29) is 17.7 Å². The van der Waals surface area contributed by atoms with Crippen LogP contribution in [-0.2, 0) is 14.4 Å². The number of anilines is 3. The molecule has 1 atom stereocenters. The molecule has 6 nitrogen and oxygen atoms in total. The molecule has 1 aliphatic rings. The van der Waals surface area contributed by atoms with Gasteiger partial charge in [0, 0.05) is 17.5 Å². The SMILES string of the molecule is CC(=O)Nc1ccc(SC(C)C(=O)N2c3ccccc3NC(=O)C2(C)C)cc1. The maximum Gasteiger partial charge on any atom is 0.250 e. The zero-order valence-corrected chi connectivity index (χ0v) is 17.1. The summed E-state index contributed by atoms with van der Waals surface area (Å²) in [5.41, 5.74) is 1.05. The molecule has 0 aliphatic carbocycles. The summed E-state index contributed by atoms with van der Waals surface area (Å²) >= 11 is 1.41. The van der Waals surface area contributed by atoms with Crippen molar-refractivity contribution in [1.29, 1.82) is 0 Å². The van der Waals surface area contributed by atoms with Gasteiger partial charge in [0.15, 0.2) is 0 Å². The van der Waals surface area contributed by atoms with Gasteiger partial charge in [-0.1, -0.05) is 12.1 Å². The molecule has 0 fully saturated rings. The lowest BCUT2D eigenvalue weighted by Gasteiger charge is -2.43. The molecule has 7 heteroatoms. The number of carbonyl (C=O) groups excluding carboxylic acids is 3. The van der Waals surface area contributed by atoms with E-state index < -0.39 is 10.8 Å². The van der Waals surface area contributed by atoms with Crippen LogP contribution in [0.1, 0.15) is 27.7 Å². The number of nitrogens with zero attached hydrogens (tertiary/aromatic N) is 1. The molecule has 0 saturated carbocycles. The van der Waals surface area contributed by atoms with Gasteiger partial charge in [-0.2, -0.15) is 0 Å². The van der Waals surface area contributed by atoms with E-state index in [4.69, 9.17) is 0 Å². The normalized spacial score (nSPS) is 16.0. The molecule has 146 valence electrons. The summed E-state index contributed by atoms with van der Waals surface area (Å²) in [6.45, 7) is 6.78. The van der Waals surface area contributed by atoms with Crippen molar-refractivity contribution in [3.05, 3.63) is 48.5 Å². The molecule has 2 aromatic carbocycles. The number of rotatable bonds is 4. The lowest BCUT2D eigenvalue weighted by molar-refractivity contribution is -0.126. The van der Waals surface area contributed by atoms with E-state index in [2.05, 4.69) is 10.6 Å². The number of fused-ring (bicyclic) bond motifs is 1. The molecule has 28 heavy (non-hydrogen) atoms. The van der Waals surface area contributed by atoms with Gasteiger partial charge in [0.05, 0.1) is 16.6 Å². The van der Waals surface area contributed by atoms with Gasteiger partial charge in [-0.25, -0.2) is 0 Å². The minimum Gasteiger partial charge on any atom is -0.326 e. The summed E-state index contributed by atoms with van der Waals surface area (Å²) in [7, 11) is 0. The third-order valence-electron chi connectivity index (χ3n) is 4.56. The average molecular weight is 398 g/mol. The summed E-state index contributed by atoms with van der Waals surface area (Å²) in [6.07, 6.45) is 0. The Labute approximate surface area is 168 Å². The van der Waals surface area contributed by atoms with Crippen molar-refractivity contribution in [3.8, 4) is 0 Å². The van der Waals surface area contributed by atoms with Crippen LogP contribution >= 0.6 is 11.8 Å². The van der Waals surface area contributed by atoms with Crippen molar-refractivity contribution < 1.29 is 14.4 Å². The van der Waals surface area contributed by atoms with E-state index in [1.54, 1.807) is 36.9 Å². The van der Waals surface area contributed by atoms with Crippen molar-refractivity contribution in [2.75, 3.05) is 15.5 Å². The summed E-state index contributed by atoms with van der Waals surface area (Å²) < 4.78 is 0. The zero-order chi connectivity index (χ0) is 20.5. The van der Waals surface area contributed by atoms with Crippen molar-refractivity contribution >= 4 is 46.5 Å². The minimum absolute atomic E-state index is 0.131. The highest BCUT2D eigenvalue weighted by Crippen LogP contribution is 2.38. The first-order chi connectivity index (χ1) is 13.2. The molecule has 2 N–H and O–H groups in total. The Morgan fingerprint density at radius 3 is 2.39 bits per heavy atom. The molecule has 0 bridgehead atoms. The van der Waals surface area contributed by atoms with Crippen LogP contribution < -0.4 is 15.5 Å². The summed E-state index contributed by atoms with van der Waals surface area (Å²) in [6, 6.07) is 14.6. The highest BCUT2D eigenvalue weighted by Gasteiger charge is 2.44. The Morgan fingerprint density at radius 1 is 1.11 bits per heavy atom. The smallest absolute Gasteiger partial charge is 0.250 e. The molecular weight excluding hydrogens is 374 g/mol. The lowest BCUT2D eigenvalue weighted by atomic mass is 9.96. The predicted octanol–water partition coefficient (Wildman–Crippen LogP) is 3.89. The van der Waals surface area contributed by atoms with Crippen molar-refractivity contribution in [1.82, 2.24) is 0 Å². The Morgan fingerprint density at radius 2 is 1.75 bits per heavy atom. The monoisotopic (exact) mass is 397 g/mol. The molecule has 3 rings (SSSR count). The molecule has 1 unspecified atom stereocenters. The largest absolute Gasteiger partial charge is 0.326 e. The van der Waals surface area contributed by atoms with E-state index in [9.17, 15) is 14.4 Å². The second-order valence-corrected chi connectivity index (χ2v) is 8.58. The molecule has 1 aliphatic heterocycles. The van der Waals surface area contributed by atoms with Gasteiger partial charge in [0.25, 0.3) is 0 Å². The number of amides is 3. The third kappa shape index (κ3) is 3.89. The molecule has 0 saturated heterocycles. The van der Waals surface area contributed by atoms with Crippen molar-refractivity contribution in [2.24, 2.45) is 0 Å². The molecule has 1 heterocycles. The van der Waals surface area contributed by atoms with E-state index in [1.165, 1.54) is 18.7 Å². The second kappa shape index (κ2) is 7.67. The quantitative estimate of drug-likeness (QED) is 0.767. The summed E-state index contributed by atoms with van der Waals surface area (Å²) in [5, 5.41) is 5.19. The maximum atomic E-state index is 13.3. The van der Waals surface area contributed by atoms with E-state index in [0.29, 0.717) is 17.1 Å². The first kappa shape index (κ1) is 19.9.